The normalized spacial score (nSPS) is 18.1. The number of hydrogen-bond acceptors (Lipinski definition) is 4. The molecule has 1 aliphatic rings. The fourth-order valence-corrected chi connectivity index (χ4v) is 3.26. The first-order chi connectivity index (χ1) is 9.06. The molecule has 0 amide bonds. The van der Waals surface area contributed by atoms with Crippen molar-refractivity contribution in [2.75, 3.05) is 13.1 Å². The van der Waals surface area contributed by atoms with Crippen molar-refractivity contribution in [2.24, 2.45) is 0 Å². The van der Waals surface area contributed by atoms with Crippen molar-refractivity contribution >= 4 is 17.3 Å². The van der Waals surface area contributed by atoms with Crippen molar-refractivity contribution in [3.05, 3.63) is 21.9 Å². The van der Waals surface area contributed by atoms with Gasteiger partial charge in [-0.1, -0.05) is 0 Å². The van der Waals surface area contributed by atoms with Crippen LogP contribution < -0.4 is 5.32 Å². The van der Waals surface area contributed by atoms with Crippen molar-refractivity contribution in [3.8, 4) is 0 Å². The number of aromatic carboxylic acids is 1. The molecular weight excluding hydrogens is 260 g/mol. The third-order valence-electron chi connectivity index (χ3n) is 3.73. The maximum atomic E-state index is 10.8. The molecule has 2 rings (SSSR count). The molecule has 106 valence electrons. The van der Waals surface area contributed by atoms with Gasteiger partial charge in [-0.3, -0.25) is 0 Å². The fraction of sp³-hybridized carbons (Fsp3) is 0.643. The molecule has 1 saturated heterocycles. The molecule has 1 fully saturated rings. The van der Waals surface area contributed by atoms with E-state index in [4.69, 9.17) is 5.11 Å². The molecule has 0 unspecified atom stereocenters. The monoisotopic (exact) mass is 282 g/mol. The number of nitrogens with one attached hydrogen (secondary N) is 1. The van der Waals surface area contributed by atoms with Crippen LogP contribution in [0.2, 0.25) is 0 Å². The Labute approximate surface area is 118 Å². The number of rotatable bonds is 5. The molecular formula is C14H22N2O2S. The number of carboxylic acid groups (broad SMARTS) is 1. The smallest absolute Gasteiger partial charge is 0.336 e. The summed E-state index contributed by atoms with van der Waals surface area (Å²) in [5.74, 6) is -0.840. The molecule has 19 heavy (non-hydrogen) atoms. The van der Waals surface area contributed by atoms with Gasteiger partial charge < -0.3 is 15.3 Å². The minimum atomic E-state index is -0.840. The van der Waals surface area contributed by atoms with Crippen LogP contribution in [0, 0.1) is 0 Å². The molecule has 0 atom stereocenters. The van der Waals surface area contributed by atoms with Crippen molar-refractivity contribution in [1.29, 1.82) is 0 Å². The lowest BCUT2D eigenvalue weighted by Crippen LogP contribution is -2.44. The fourth-order valence-electron chi connectivity index (χ4n) is 2.45. The SMILES string of the molecule is CC(C)N1CCC(NCc2cc(C(=O)O)cs2)CC1. The van der Waals surface area contributed by atoms with Gasteiger partial charge in [-0.25, -0.2) is 4.79 Å². The Balaban J connectivity index is 1.75. The average Bonchev–Trinajstić information content (AvgIpc) is 2.86. The highest BCUT2D eigenvalue weighted by atomic mass is 32.1. The average molecular weight is 282 g/mol. The van der Waals surface area contributed by atoms with Gasteiger partial charge >= 0.3 is 5.97 Å². The number of piperidine rings is 1. The Hall–Kier alpha value is -0.910. The summed E-state index contributed by atoms with van der Waals surface area (Å²) < 4.78 is 0. The molecule has 0 saturated carbocycles. The summed E-state index contributed by atoms with van der Waals surface area (Å²) in [7, 11) is 0. The van der Waals surface area contributed by atoms with Crippen LogP contribution in [-0.2, 0) is 6.54 Å². The molecule has 0 bridgehead atoms. The summed E-state index contributed by atoms with van der Waals surface area (Å²) in [6.45, 7) is 7.57. The van der Waals surface area contributed by atoms with Crippen molar-refractivity contribution in [3.63, 3.8) is 0 Å². The van der Waals surface area contributed by atoms with E-state index in [0.29, 0.717) is 17.6 Å². The van der Waals surface area contributed by atoms with Crippen molar-refractivity contribution in [1.82, 2.24) is 10.2 Å². The Bertz CT molecular complexity index is 423. The predicted molar refractivity (Wildman–Crippen MR) is 77.8 cm³/mol. The van der Waals surface area contributed by atoms with Crippen LogP contribution in [0.5, 0.6) is 0 Å². The van der Waals surface area contributed by atoms with E-state index >= 15 is 0 Å². The van der Waals surface area contributed by atoms with Gasteiger partial charge in [-0.05, 0) is 45.8 Å². The highest BCUT2D eigenvalue weighted by Gasteiger charge is 2.20. The third-order valence-corrected chi connectivity index (χ3v) is 4.66. The molecule has 1 aliphatic heterocycles. The molecule has 0 radical (unpaired) electrons. The van der Waals surface area contributed by atoms with Crippen LogP contribution in [0.1, 0.15) is 41.9 Å². The molecule has 0 aromatic carbocycles. The molecule has 2 heterocycles. The zero-order valence-corrected chi connectivity index (χ0v) is 12.4. The van der Waals surface area contributed by atoms with E-state index in [1.54, 1.807) is 11.4 Å². The Morgan fingerprint density at radius 1 is 1.53 bits per heavy atom. The summed E-state index contributed by atoms with van der Waals surface area (Å²) >= 11 is 1.52. The van der Waals surface area contributed by atoms with E-state index < -0.39 is 5.97 Å². The van der Waals surface area contributed by atoms with Crippen LogP contribution >= 0.6 is 11.3 Å². The largest absolute Gasteiger partial charge is 0.478 e. The Morgan fingerprint density at radius 2 is 2.21 bits per heavy atom. The predicted octanol–water partition coefficient (Wildman–Crippen LogP) is 2.41. The molecule has 0 aliphatic carbocycles. The van der Waals surface area contributed by atoms with Gasteiger partial charge in [0.2, 0.25) is 0 Å². The minimum absolute atomic E-state index is 0.399. The van der Waals surface area contributed by atoms with E-state index in [1.807, 2.05) is 0 Å². The molecule has 0 spiro atoms. The molecule has 1 aromatic rings. The summed E-state index contributed by atoms with van der Waals surface area (Å²) in [4.78, 5) is 14.4. The first-order valence-corrected chi connectivity index (χ1v) is 7.72. The zero-order chi connectivity index (χ0) is 13.8. The van der Waals surface area contributed by atoms with Crippen LogP contribution in [0.4, 0.5) is 0 Å². The Kier molecular flexibility index (Phi) is 4.96. The lowest BCUT2D eigenvalue weighted by Gasteiger charge is -2.34. The number of thiophene rings is 1. The molecule has 1 aromatic heterocycles. The number of nitrogens with zero attached hydrogens (tertiary/aromatic N) is 1. The summed E-state index contributed by atoms with van der Waals surface area (Å²) in [6, 6.07) is 2.96. The van der Waals surface area contributed by atoms with Crippen LogP contribution in [0.3, 0.4) is 0 Å². The highest BCUT2D eigenvalue weighted by Crippen LogP contribution is 2.17. The van der Waals surface area contributed by atoms with E-state index in [2.05, 4.69) is 24.1 Å². The maximum Gasteiger partial charge on any atom is 0.336 e. The summed E-state index contributed by atoms with van der Waals surface area (Å²) in [5, 5.41) is 14.1. The standard InChI is InChI=1S/C14H22N2O2S/c1-10(2)16-5-3-12(4-6-16)15-8-13-7-11(9-19-13)14(17)18/h7,9-10,12,15H,3-6,8H2,1-2H3,(H,17,18). The molecule has 4 nitrogen and oxygen atoms in total. The summed E-state index contributed by atoms with van der Waals surface area (Å²) in [5.41, 5.74) is 0.399. The summed E-state index contributed by atoms with van der Waals surface area (Å²) in [6.07, 6.45) is 2.35. The number of hydrogen-bond donors (Lipinski definition) is 2. The van der Waals surface area contributed by atoms with Crippen LogP contribution in [-0.4, -0.2) is 41.1 Å². The van der Waals surface area contributed by atoms with Gasteiger partial charge in [-0.15, -0.1) is 11.3 Å². The highest BCUT2D eigenvalue weighted by molar-refractivity contribution is 7.10. The van der Waals surface area contributed by atoms with Crippen LogP contribution in [0.15, 0.2) is 11.4 Å². The topological polar surface area (TPSA) is 52.6 Å². The lowest BCUT2D eigenvalue weighted by molar-refractivity contribution is 0.0697. The second kappa shape index (κ2) is 6.50. The first-order valence-electron chi connectivity index (χ1n) is 6.84. The van der Waals surface area contributed by atoms with Gasteiger partial charge in [0.05, 0.1) is 5.56 Å². The van der Waals surface area contributed by atoms with E-state index in [0.717, 1.165) is 24.5 Å². The number of carbonyl (C=O) groups is 1. The second-order valence-corrected chi connectivity index (χ2v) is 6.39. The molecule has 2 N–H and O–H groups in total. The van der Waals surface area contributed by atoms with E-state index in [1.165, 1.54) is 24.2 Å². The van der Waals surface area contributed by atoms with E-state index in [-0.39, 0.29) is 0 Å². The third kappa shape index (κ3) is 4.03. The number of carboxylic acids is 1. The van der Waals surface area contributed by atoms with Gasteiger partial charge in [0, 0.05) is 28.9 Å². The van der Waals surface area contributed by atoms with Gasteiger partial charge in [0.25, 0.3) is 0 Å². The quantitative estimate of drug-likeness (QED) is 0.871. The minimum Gasteiger partial charge on any atom is -0.478 e. The van der Waals surface area contributed by atoms with Crippen molar-refractivity contribution in [2.45, 2.75) is 45.3 Å². The zero-order valence-electron chi connectivity index (χ0n) is 11.6. The Morgan fingerprint density at radius 3 is 2.74 bits per heavy atom. The second-order valence-electron chi connectivity index (χ2n) is 5.39. The van der Waals surface area contributed by atoms with Crippen LogP contribution in [0.25, 0.3) is 0 Å². The maximum absolute atomic E-state index is 10.8. The lowest BCUT2D eigenvalue weighted by atomic mass is 10.0. The van der Waals surface area contributed by atoms with Gasteiger partial charge in [0.1, 0.15) is 0 Å². The molecule has 5 heteroatoms. The number of likely N-dealkylation sites (tertiary alicyclic amines) is 1. The van der Waals surface area contributed by atoms with Gasteiger partial charge in [0.15, 0.2) is 0 Å². The first kappa shape index (κ1) is 14.5. The van der Waals surface area contributed by atoms with Gasteiger partial charge in [-0.2, -0.15) is 0 Å². The van der Waals surface area contributed by atoms with E-state index in [9.17, 15) is 4.79 Å². The van der Waals surface area contributed by atoms with Crippen molar-refractivity contribution < 1.29 is 9.90 Å².